The molecule has 0 saturated heterocycles. The summed E-state index contributed by atoms with van der Waals surface area (Å²) in [5.41, 5.74) is 0.750. The molecule has 0 heterocycles. The van der Waals surface area contributed by atoms with E-state index in [0.717, 1.165) is 22.2 Å². The van der Waals surface area contributed by atoms with Crippen LogP contribution < -0.4 is 14.4 Å². The third kappa shape index (κ3) is 7.45. The number of nitrogens with one attached hydrogen (secondary N) is 1. The Kier molecular flexibility index (Phi) is 8.81. The van der Waals surface area contributed by atoms with Gasteiger partial charge in [-0.15, -0.1) is 0 Å². The van der Waals surface area contributed by atoms with E-state index in [0.29, 0.717) is 5.75 Å². The van der Waals surface area contributed by atoms with Crippen molar-refractivity contribution in [1.29, 1.82) is 0 Å². The summed E-state index contributed by atoms with van der Waals surface area (Å²) >= 11 is 0. The van der Waals surface area contributed by atoms with E-state index in [-0.39, 0.29) is 24.2 Å². The Morgan fingerprint density at radius 3 is 2.24 bits per heavy atom. The van der Waals surface area contributed by atoms with Crippen LogP contribution in [0.3, 0.4) is 0 Å². The zero-order valence-electron chi connectivity index (χ0n) is 19.4. The van der Waals surface area contributed by atoms with E-state index < -0.39 is 34.3 Å². The monoisotopic (exact) mass is 479 g/mol. The molecular weight excluding hydrogens is 449 g/mol. The van der Waals surface area contributed by atoms with Crippen molar-refractivity contribution in [1.82, 2.24) is 10.2 Å². The van der Waals surface area contributed by atoms with E-state index in [9.17, 15) is 22.4 Å². The second-order valence-electron chi connectivity index (χ2n) is 7.96. The molecule has 0 unspecified atom stereocenters. The lowest BCUT2D eigenvalue weighted by Gasteiger charge is -2.32. The summed E-state index contributed by atoms with van der Waals surface area (Å²) in [6, 6.07) is 10.9. The largest absolute Gasteiger partial charge is 0.497 e. The first-order valence-corrected chi connectivity index (χ1v) is 12.2. The van der Waals surface area contributed by atoms with Gasteiger partial charge in [-0.25, -0.2) is 12.8 Å². The van der Waals surface area contributed by atoms with Gasteiger partial charge in [-0.05, 0) is 56.7 Å². The second kappa shape index (κ2) is 11.1. The molecule has 0 aliphatic carbocycles. The maximum absolute atomic E-state index is 13.7. The number of hydrogen-bond donors (Lipinski definition) is 1. The van der Waals surface area contributed by atoms with Crippen LogP contribution in [0.2, 0.25) is 0 Å². The van der Waals surface area contributed by atoms with Crippen LogP contribution in [0.25, 0.3) is 0 Å². The van der Waals surface area contributed by atoms with Gasteiger partial charge >= 0.3 is 0 Å². The molecule has 10 heteroatoms. The maximum atomic E-state index is 13.7. The molecule has 2 aromatic rings. The number of anilines is 1. The van der Waals surface area contributed by atoms with Crippen LogP contribution in [-0.4, -0.2) is 57.1 Å². The smallest absolute Gasteiger partial charge is 0.244 e. The van der Waals surface area contributed by atoms with E-state index in [1.54, 1.807) is 45.0 Å². The molecule has 0 fully saturated rings. The van der Waals surface area contributed by atoms with Crippen molar-refractivity contribution in [2.24, 2.45) is 0 Å². The zero-order chi connectivity index (χ0) is 24.8. The lowest BCUT2D eigenvalue weighted by atomic mass is 10.1. The average molecular weight is 480 g/mol. The van der Waals surface area contributed by atoms with Gasteiger partial charge in [0.15, 0.2) is 0 Å². The number of carbonyl (C=O) groups is 2. The molecule has 2 amide bonds. The van der Waals surface area contributed by atoms with E-state index in [4.69, 9.17) is 4.74 Å². The van der Waals surface area contributed by atoms with Gasteiger partial charge in [0.2, 0.25) is 21.8 Å². The number of amides is 2. The Balaban J connectivity index is 2.38. The third-order valence-corrected chi connectivity index (χ3v) is 6.03. The lowest BCUT2D eigenvalue weighted by molar-refractivity contribution is -0.139. The Morgan fingerprint density at radius 1 is 1.09 bits per heavy atom. The summed E-state index contributed by atoms with van der Waals surface area (Å²) < 4.78 is 44.6. The first kappa shape index (κ1) is 26.1. The van der Waals surface area contributed by atoms with Gasteiger partial charge in [0.25, 0.3) is 0 Å². The fraction of sp³-hybridized carbons (Fsp3) is 0.391. The van der Waals surface area contributed by atoms with Crippen molar-refractivity contribution >= 4 is 27.5 Å². The standard InChI is InChI=1S/C23H30FN3O5S/c1-16(2)25-23(29)17(3)26(14-18-9-11-21(32-4)12-10-18)22(28)15-27(33(5,30)31)20-8-6-7-19(24)13-20/h6-13,16-17H,14-15H2,1-5H3,(H,25,29)/t17-/m0/s1. The van der Waals surface area contributed by atoms with Gasteiger partial charge < -0.3 is 15.0 Å². The topological polar surface area (TPSA) is 96.0 Å². The van der Waals surface area contributed by atoms with E-state index in [1.165, 1.54) is 30.2 Å². The molecular formula is C23H30FN3O5S. The molecule has 0 bridgehead atoms. The maximum Gasteiger partial charge on any atom is 0.244 e. The number of hydrogen-bond acceptors (Lipinski definition) is 5. The quantitative estimate of drug-likeness (QED) is 0.565. The van der Waals surface area contributed by atoms with Gasteiger partial charge in [-0.2, -0.15) is 0 Å². The highest BCUT2D eigenvalue weighted by Gasteiger charge is 2.30. The molecule has 1 atom stereocenters. The Morgan fingerprint density at radius 2 is 1.73 bits per heavy atom. The number of carbonyl (C=O) groups excluding carboxylic acids is 2. The second-order valence-corrected chi connectivity index (χ2v) is 9.87. The minimum absolute atomic E-state index is 0.0227. The normalized spacial score (nSPS) is 12.2. The molecule has 0 aliphatic rings. The predicted molar refractivity (Wildman–Crippen MR) is 125 cm³/mol. The number of ether oxygens (including phenoxy) is 1. The highest BCUT2D eigenvalue weighted by atomic mass is 32.2. The summed E-state index contributed by atoms with van der Waals surface area (Å²) in [5.74, 6) is -0.972. The lowest BCUT2D eigenvalue weighted by Crippen LogP contribution is -2.52. The van der Waals surface area contributed by atoms with Crippen molar-refractivity contribution in [3.63, 3.8) is 0 Å². The number of rotatable bonds is 10. The summed E-state index contributed by atoms with van der Waals surface area (Å²) in [7, 11) is -2.37. The average Bonchev–Trinajstić information content (AvgIpc) is 2.74. The molecule has 8 nitrogen and oxygen atoms in total. The molecule has 0 aliphatic heterocycles. The van der Waals surface area contributed by atoms with E-state index in [2.05, 4.69) is 5.32 Å². The molecule has 0 radical (unpaired) electrons. The number of sulfonamides is 1. The van der Waals surface area contributed by atoms with Crippen LogP contribution in [0, 0.1) is 5.82 Å². The molecule has 33 heavy (non-hydrogen) atoms. The number of benzene rings is 2. The third-order valence-electron chi connectivity index (χ3n) is 4.89. The van der Waals surface area contributed by atoms with Crippen LogP contribution >= 0.6 is 0 Å². The van der Waals surface area contributed by atoms with Crippen molar-refractivity contribution in [2.75, 3.05) is 24.2 Å². The minimum Gasteiger partial charge on any atom is -0.497 e. The fourth-order valence-corrected chi connectivity index (χ4v) is 4.00. The molecule has 2 aromatic carbocycles. The van der Waals surface area contributed by atoms with Crippen LogP contribution in [-0.2, 0) is 26.2 Å². The number of nitrogens with zero attached hydrogens (tertiary/aromatic N) is 2. The van der Waals surface area contributed by atoms with E-state index >= 15 is 0 Å². The Bertz CT molecular complexity index is 1070. The predicted octanol–water partition coefficient (Wildman–Crippen LogP) is 2.54. The van der Waals surface area contributed by atoms with Gasteiger partial charge in [-0.3, -0.25) is 13.9 Å². The summed E-state index contributed by atoms with van der Waals surface area (Å²) in [4.78, 5) is 27.3. The summed E-state index contributed by atoms with van der Waals surface area (Å²) in [6.45, 7) is 4.66. The molecule has 2 rings (SSSR count). The van der Waals surface area contributed by atoms with Crippen molar-refractivity contribution in [3.05, 3.63) is 59.9 Å². The highest BCUT2D eigenvalue weighted by molar-refractivity contribution is 7.92. The van der Waals surface area contributed by atoms with Gasteiger partial charge in [0.05, 0.1) is 19.1 Å². The van der Waals surface area contributed by atoms with Crippen LogP contribution in [0.15, 0.2) is 48.5 Å². The zero-order valence-corrected chi connectivity index (χ0v) is 20.2. The van der Waals surface area contributed by atoms with Crippen molar-refractivity contribution in [2.45, 2.75) is 39.4 Å². The molecule has 0 aromatic heterocycles. The summed E-state index contributed by atoms with van der Waals surface area (Å²) in [6.07, 6.45) is 0.938. The van der Waals surface area contributed by atoms with Gasteiger partial charge in [0, 0.05) is 12.6 Å². The first-order valence-electron chi connectivity index (χ1n) is 10.4. The van der Waals surface area contributed by atoms with Gasteiger partial charge in [-0.1, -0.05) is 18.2 Å². The molecule has 0 spiro atoms. The van der Waals surface area contributed by atoms with Crippen molar-refractivity contribution < 1.29 is 27.1 Å². The minimum atomic E-state index is -3.91. The molecule has 0 saturated carbocycles. The van der Waals surface area contributed by atoms with Crippen LogP contribution in [0.4, 0.5) is 10.1 Å². The van der Waals surface area contributed by atoms with Crippen LogP contribution in [0.5, 0.6) is 5.75 Å². The Hall–Kier alpha value is -3.14. The number of halogens is 1. The van der Waals surface area contributed by atoms with Crippen LogP contribution in [0.1, 0.15) is 26.3 Å². The number of methoxy groups -OCH3 is 1. The Labute approximate surface area is 194 Å². The summed E-state index contributed by atoms with van der Waals surface area (Å²) in [5, 5.41) is 2.77. The molecule has 1 N–H and O–H groups in total. The SMILES string of the molecule is COc1ccc(CN(C(=O)CN(c2cccc(F)c2)S(C)(=O)=O)[C@@H](C)C(=O)NC(C)C)cc1. The highest BCUT2D eigenvalue weighted by Crippen LogP contribution is 2.20. The molecule has 180 valence electrons. The van der Waals surface area contributed by atoms with Crippen molar-refractivity contribution in [3.8, 4) is 5.75 Å². The van der Waals surface area contributed by atoms with E-state index in [1.807, 2.05) is 0 Å². The first-order chi connectivity index (χ1) is 15.4. The fourth-order valence-electron chi connectivity index (χ4n) is 3.16. The van der Waals surface area contributed by atoms with Gasteiger partial charge in [0.1, 0.15) is 24.2 Å².